The van der Waals surface area contributed by atoms with Crippen LogP contribution in [-0.4, -0.2) is 31.7 Å². The molecule has 1 aliphatic heterocycles. The van der Waals surface area contributed by atoms with Crippen molar-refractivity contribution < 1.29 is 28.2 Å². The van der Waals surface area contributed by atoms with E-state index in [0.29, 0.717) is 40.5 Å². The smallest absolute Gasteiger partial charge is 0.315 e. The van der Waals surface area contributed by atoms with Gasteiger partial charge in [-0.15, -0.1) is 0 Å². The van der Waals surface area contributed by atoms with Crippen molar-refractivity contribution in [3.8, 4) is 11.5 Å². The largest absolute Gasteiger partial charge is 0.493 e. The van der Waals surface area contributed by atoms with Crippen LogP contribution in [0.5, 0.6) is 11.5 Å². The molecule has 1 aliphatic carbocycles. The zero-order chi connectivity index (χ0) is 28.4. The Morgan fingerprint density at radius 3 is 2.40 bits per heavy atom. The Hall–Kier alpha value is -3.78. The van der Waals surface area contributed by atoms with Crippen molar-refractivity contribution in [1.29, 1.82) is 0 Å². The average molecular weight is 606 g/mol. The second-order valence-corrected chi connectivity index (χ2v) is 10.8. The van der Waals surface area contributed by atoms with Crippen LogP contribution in [-0.2, 0) is 20.9 Å². The van der Waals surface area contributed by atoms with Gasteiger partial charge in [0.05, 0.1) is 18.7 Å². The average Bonchev–Trinajstić information content (AvgIpc) is 2.96. The summed E-state index contributed by atoms with van der Waals surface area (Å²) in [4.78, 5) is 32.2. The number of hydrogen-bond donors (Lipinski definition) is 0. The molecule has 3 atom stereocenters. The number of carbonyl (C=O) groups is 2. The predicted molar refractivity (Wildman–Crippen MR) is 153 cm³/mol. The minimum atomic E-state index is -0.818. The van der Waals surface area contributed by atoms with Gasteiger partial charge in [0.15, 0.2) is 17.3 Å². The standard InChI is InChI=1S/C32H29BrFNO5/c1-18-29(32(37)40-17-19-7-5-4-6-8-19)30(21-9-11-24(34)23(33)13-21)31-25(35-18)14-22(15-26(31)36)20-10-12-27(38-2)28(16-20)39-3/h4-13,16,22,29-30H,14-15,17H2,1-3H3. The topological polar surface area (TPSA) is 74.2 Å². The number of rotatable bonds is 7. The van der Waals surface area contributed by atoms with Crippen LogP contribution < -0.4 is 9.47 Å². The number of ketones is 1. The first-order chi connectivity index (χ1) is 19.3. The highest BCUT2D eigenvalue weighted by Crippen LogP contribution is 2.48. The van der Waals surface area contributed by atoms with Gasteiger partial charge in [0, 0.05) is 29.3 Å². The van der Waals surface area contributed by atoms with Gasteiger partial charge in [0.25, 0.3) is 0 Å². The zero-order valence-electron chi connectivity index (χ0n) is 22.4. The lowest BCUT2D eigenvalue weighted by Gasteiger charge is -2.36. The fourth-order valence-corrected chi connectivity index (χ4v) is 5.99. The molecule has 40 heavy (non-hydrogen) atoms. The van der Waals surface area contributed by atoms with Gasteiger partial charge in [-0.2, -0.15) is 0 Å². The molecule has 206 valence electrons. The first-order valence-corrected chi connectivity index (χ1v) is 13.8. The molecule has 6 nitrogen and oxygen atoms in total. The van der Waals surface area contributed by atoms with E-state index in [9.17, 15) is 14.0 Å². The summed E-state index contributed by atoms with van der Waals surface area (Å²) in [5.41, 5.74) is 4.14. The number of ether oxygens (including phenoxy) is 3. The number of esters is 1. The summed E-state index contributed by atoms with van der Waals surface area (Å²) in [5.74, 6) is -1.38. The number of benzene rings is 3. The molecule has 0 N–H and O–H groups in total. The first kappa shape index (κ1) is 27.8. The number of Topliss-reactive ketones (excluding diaryl/α,β-unsaturated/α-hetero) is 1. The molecule has 0 radical (unpaired) electrons. The van der Waals surface area contributed by atoms with Gasteiger partial charge in [-0.25, -0.2) is 4.39 Å². The predicted octanol–water partition coefficient (Wildman–Crippen LogP) is 6.92. The minimum absolute atomic E-state index is 0.0939. The molecule has 2 aliphatic rings. The summed E-state index contributed by atoms with van der Waals surface area (Å²) >= 11 is 3.27. The van der Waals surface area contributed by atoms with Gasteiger partial charge in [0.1, 0.15) is 18.3 Å². The van der Waals surface area contributed by atoms with Crippen LogP contribution in [0.25, 0.3) is 0 Å². The van der Waals surface area contributed by atoms with Gasteiger partial charge in [-0.05, 0) is 76.1 Å². The quantitative estimate of drug-likeness (QED) is 0.273. The molecular formula is C32H29BrFNO5. The number of halogens is 2. The van der Waals surface area contributed by atoms with Crippen LogP contribution in [0.3, 0.4) is 0 Å². The van der Waals surface area contributed by atoms with E-state index < -0.39 is 23.6 Å². The van der Waals surface area contributed by atoms with Crippen molar-refractivity contribution in [2.45, 2.75) is 38.2 Å². The lowest BCUT2D eigenvalue weighted by Crippen LogP contribution is -2.38. The van der Waals surface area contributed by atoms with E-state index in [1.807, 2.05) is 48.5 Å². The highest BCUT2D eigenvalue weighted by atomic mass is 79.9. The molecule has 0 amide bonds. The van der Waals surface area contributed by atoms with Gasteiger partial charge >= 0.3 is 5.97 Å². The van der Waals surface area contributed by atoms with Crippen LogP contribution in [0.2, 0.25) is 0 Å². The third-order valence-corrected chi connectivity index (χ3v) is 8.16. The molecule has 8 heteroatoms. The monoisotopic (exact) mass is 605 g/mol. The van der Waals surface area contributed by atoms with Crippen molar-refractivity contribution in [3.63, 3.8) is 0 Å². The molecule has 0 saturated carbocycles. The van der Waals surface area contributed by atoms with E-state index in [4.69, 9.17) is 19.2 Å². The summed E-state index contributed by atoms with van der Waals surface area (Å²) in [7, 11) is 3.15. The summed E-state index contributed by atoms with van der Waals surface area (Å²) in [6.45, 7) is 1.89. The van der Waals surface area contributed by atoms with E-state index in [2.05, 4.69) is 15.9 Å². The van der Waals surface area contributed by atoms with Crippen LogP contribution >= 0.6 is 15.9 Å². The van der Waals surface area contributed by atoms with Crippen LogP contribution in [0.15, 0.2) is 87.5 Å². The molecule has 0 aromatic heterocycles. The second-order valence-electron chi connectivity index (χ2n) is 9.98. The Kier molecular flexibility index (Phi) is 8.17. The van der Waals surface area contributed by atoms with Crippen molar-refractivity contribution in [1.82, 2.24) is 0 Å². The highest BCUT2D eigenvalue weighted by molar-refractivity contribution is 9.10. The number of methoxy groups -OCH3 is 2. The molecule has 1 heterocycles. The highest BCUT2D eigenvalue weighted by Gasteiger charge is 2.45. The summed E-state index contributed by atoms with van der Waals surface area (Å²) in [6, 6.07) is 19.7. The molecule has 3 aromatic rings. The summed E-state index contributed by atoms with van der Waals surface area (Å²) < 4.78 is 31.0. The Labute approximate surface area is 241 Å². The van der Waals surface area contributed by atoms with E-state index in [1.54, 1.807) is 33.3 Å². The first-order valence-electron chi connectivity index (χ1n) is 13.0. The molecular weight excluding hydrogens is 577 g/mol. The number of aliphatic imine (C=N–C) groups is 1. The number of carbonyl (C=O) groups excluding carboxylic acids is 2. The third kappa shape index (κ3) is 5.45. The lowest BCUT2D eigenvalue weighted by molar-refractivity contribution is -0.148. The molecule has 3 aromatic carbocycles. The molecule has 0 bridgehead atoms. The Morgan fingerprint density at radius 1 is 0.975 bits per heavy atom. The molecule has 3 unspecified atom stereocenters. The van der Waals surface area contributed by atoms with Crippen LogP contribution in [0.1, 0.15) is 48.3 Å². The summed E-state index contributed by atoms with van der Waals surface area (Å²) in [6.07, 6.45) is 0.756. The van der Waals surface area contributed by atoms with Crippen molar-refractivity contribution in [2.24, 2.45) is 10.9 Å². The lowest BCUT2D eigenvalue weighted by atomic mass is 9.69. The van der Waals surface area contributed by atoms with Crippen LogP contribution in [0, 0.1) is 11.7 Å². The Bertz CT molecular complexity index is 1520. The van der Waals surface area contributed by atoms with Crippen LogP contribution in [0.4, 0.5) is 4.39 Å². The maximum atomic E-state index is 14.2. The third-order valence-electron chi connectivity index (χ3n) is 7.55. The van der Waals surface area contributed by atoms with E-state index in [0.717, 1.165) is 11.1 Å². The van der Waals surface area contributed by atoms with E-state index >= 15 is 0 Å². The number of hydrogen-bond acceptors (Lipinski definition) is 6. The number of nitrogens with zero attached hydrogens (tertiary/aromatic N) is 1. The zero-order valence-corrected chi connectivity index (χ0v) is 24.0. The Morgan fingerprint density at radius 2 is 1.70 bits per heavy atom. The molecule has 0 fully saturated rings. The minimum Gasteiger partial charge on any atom is -0.493 e. The maximum Gasteiger partial charge on any atom is 0.315 e. The molecule has 0 saturated heterocycles. The van der Waals surface area contributed by atoms with E-state index in [-0.39, 0.29) is 29.2 Å². The normalized spacial score (nSPS) is 20.5. The van der Waals surface area contributed by atoms with Crippen molar-refractivity contribution in [2.75, 3.05) is 14.2 Å². The van der Waals surface area contributed by atoms with Crippen molar-refractivity contribution in [3.05, 3.63) is 105 Å². The van der Waals surface area contributed by atoms with Gasteiger partial charge in [0.2, 0.25) is 0 Å². The maximum absolute atomic E-state index is 14.2. The summed E-state index contributed by atoms with van der Waals surface area (Å²) in [5, 5.41) is 0. The fraction of sp³-hybridized carbons (Fsp3) is 0.281. The fourth-order valence-electron chi connectivity index (χ4n) is 5.59. The Balaban J connectivity index is 1.52. The van der Waals surface area contributed by atoms with E-state index in [1.165, 1.54) is 6.07 Å². The molecule has 5 rings (SSSR count). The SMILES string of the molecule is COc1ccc(C2CC(=O)C3=C(C2)N=C(C)C(C(=O)OCc2ccccc2)C3c2ccc(F)c(Br)c2)cc1OC. The van der Waals surface area contributed by atoms with Crippen molar-refractivity contribution >= 4 is 33.4 Å². The van der Waals surface area contributed by atoms with Gasteiger partial charge < -0.3 is 14.2 Å². The molecule has 0 spiro atoms. The van der Waals surface area contributed by atoms with Gasteiger partial charge in [-0.3, -0.25) is 14.6 Å². The number of allylic oxidation sites excluding steroid dienone is 2. The van der Waals surface area contributed by atoms with Gasteiger partial charge in [-0.1, -0.05) is 42.5 Å². The second kappa shape index (κ2) is 11.8.